The number of likely N-dealkylation sites (tertiary alicyclic amines) is 1. The monoisotopic (exact) mass is 195 g/mol. The van der Waals surface area contributed by atoms with E-state index in [1.54, 1.807) is 0 Å². The van der Waals surface area contributed by atoms with Gasteiger partial charge in [0, 0.05) is 12.5 Å². The van der Waals surface area contributed by atoms with Crippen molar-refractivity contribution in [3.8, 4) is 0 Å². The second-order valence-electron chi connectivity index (χ2n) is 4.17. The normalized spacial score (nSPS) is 25.1. The molecule has 0 aromatic rings. The topological polar surface area (TPSA) is 20.3 Å². The van der Waals surface area contributed by atoms with E-state index in [4.69, 9.17) is 0 Å². The zero-order chi connectivity index (χ0) is 10.6. The lowest BCUT2D eigenvalue weighted by molar-refractivity contribution is -0.115. The van der Waals surface area contributed by atoms with Crippen molar-refractivity contribution >= 4 is 5.78 Å². The van der Waals surface area contributed by atoms with Gasteiger partial charge in [-0.15, -0.1) is 0 Å². The van der Waals surface area contributed by atoms with Crippen LogP contribution < -0.4 is 0 Å². The van der Waals surface area contributed by atoms with E-state index in [0.717, 1.165) is 12.1 Å². The number of likely N-dealkylation sites (N-methyl/N-ethyl adjacent to an activating group) is 1. The van der Waals surface area contributed by atoms with Crippen LogP contribution in [-0.4, -0.2) is 30.3 Å². The first-order valence-corrected chi connectivity index (χ1v) is 5.57. The average molecular weight is 195 g/mol. The van der Waals surface area contributed by atoms with Crippen molar-refractivity contribution in [3.05, 3.63) is 11.6 Å². The lowest BCUT2D eigenvalue weighted by Crippen LogP contribution is -2.35. The Kier molecular flexibility index (Phi) is 4.33. The predicted molar refractivity (Wildman–Crippen MR) is 59.3 cm³/mol. The predicted octanol–water partition coefficient (Wildman–Crippen LogP) is 2.40. The summed E-state index contributed by atoms with van der Waals surface area (Å²) in [7, 11) is 2.14. The van der Waals surface area contributed by atoms with Gasteiger partial charge in [-0.3, -0.25) is 9.69 Å². The third-order valence-corrected chi connectivity index (χ3v) is 3.03. The molecule has 1 heterocycles. The van der Waals surface area contributed by atoms with E-state index in [-0.39, 0.29) is 5.78 Å². The molecule has 1 aliphatic heterocycles. The zero-order valence-electron chi connectivity index (χ0n) is 9.55. The van der Waals surface area contributed by atoms with Gasteiger partial charge in [0.15, 0.2) is 5.78 Å². The number of carbonyl (C=O) groups excluding carboxylic acids is 1. The Morgan fingerprint density at radius 1 is 1.50 bits per heavy atom. The lowest BCUT2D eigenvalue weighted by Gasteiger charge is -2.30. The van der Waals surface area contributed by atoms with Crippen LogP contribution in [0.25, 0.3) is 0 Å². The Balaban J connectivity index is 2.59. The summed E-state index contributed by atoms with van der Waals surface area (Å²) < 4.78 is 0. The minimum Gasteiger partial charge on any atom is -0.300 e. The molecule has 1 atom stereocenters. The van der Waals surface area contributed by atoms with Crippen LogP contribution in [0.4, 0.5) is 0 Å². The molecule has 1 rings (SSSR count). The first-order valence-electron chi connectivity index (χ1n) is 5.57. The molecule has 2 nitrogen and oxygen atoms in total. The highest BCUT2D eigenvalue weighted by molar-refractivity contribution is 5.94. The average Bonchev–Trinajstić information content (AvgIpc) is 2.20. The fourth-order valence-electron chi connectivity index (χ4n) is 1.97. The fraction of sp³-hybridized carbons (Fsp3) is 0.750. The molecule has 1 fully saturated rings. The van der Waals surface area contributed by atoms with Crippen molar-refractivity contribution < 1.29 is 4.79 Å². The van der Waals surface area contributed by atoms with Gasteiger partial charge in [0.05, 0.1) is 0 Å². The van der Waals surface area contributed by atoms with Gasteiger partial charge in [-0.1, -0.05) is 19.4 Å². The van der Waals surface area contributed by atoms with E-state index in [1.165, 1.54) is 19.3 Å². The van der Waals surface area contributed by atoms with Gasteiger partial charge in [0.1, 0.15) is 0 Å². The van der Waals surface area contributed by atoms with Crippen molar-refractivity contribution in [1.29, 1.82) is 0 Å². The highest BCUT2D eigenvalue weighted by atomic mass is 16.1. The molecule has 0 aromatic heterocycles. The van der Waals surface area contributed by atoms with Crippen LogP contribution >= 0.6 is 0 Å². The molecule has 1 aliphatic rings. The van der Waals surface area contributed by atoms with Crippen LogP contribution in [0.1, 0.15) is 39.5 Å². The molecule has 2 heteroatoms. The van der Waals surface area contributed by atoms with Crippen LogP contribution in [-0.2, 0) is 4.79 Å². The lowest BCUT2D eigenvalue weighted by atomic mass is 9.99. The molecule has 1 saturated heterocycles. The minimum absolute atomic E-state index is 0.281. The number of piperidine rings is 1. The number of Topliss-reactive ketones (excluding diaryl/α,β-unsaturated/α-hetero) is 1. The second kappa shape index (κ2) is 5.30. The molecular formula is C12H21NO. The molecule has 14 heavy (non-hydrogen) atoms. The van der Waals surface area contributed by atoms with Gasteiger partial charge in [0.25, 0.3) is 0 Å². The second-order valence-corrected chi connectivity index (χ2v) is 4.17. The highest BCUT2D eigenvalue weighted by Gasteiger charge is 2.17. The maximum atomic E-state index is 11.4. The summed E-state index contributed by atoms with van der Waals surface area (Å²) >= 11 is 0. The number of hydrogen-bond donors (Lipinski definition) is 0. The third kappa shape index (κ3) is 2.95. The summed E-state index contributed by atoms with van der Waals surface area (Å²) in [6.07, 6.45) is 6.55. The third-order valence-electron chi connectivity index (χ3n) is 3.03. The van der Waals surface area contributed by atoms with Crippen molar-refractivity contribution in [2.45, 2.75) is 45.6 Å². The van der Waals surface area contributed by atoms with Crippen molar-refractivity contribution in [2.75, 3.05) is 13.6 Å². The van der Waals surface area contributed by atoms with Crippen LogP contribution in [0.3, 0.4) is 0 Å². The maximum Gasteiger partial charge on any atom is 0.158 e. The number of hydrogen-bond acceptors (Lipinski definition) is 2. The summed E-state index contributed by atoms with van der Waals surface area (Å²) in [5.74, 6) is 0.281. The molecule has 0 aliphatic carbocycles. The van der Waals surface area contributed by atoms with Crippen molar-refractivity contribution in [3.63, 3.8) is 0 Å². The molecule has 0 N–H and O–H groups in total. The van der Waals surface area contributed by atoms with Gasteiger partial charge in [-0.25, -0.2) is 0 Å². The largest absolute Gasteiger partial charge is 0.300 e. The summed E-state index contributed by atoms with van der Waals surface area (Å²) in [5, 5.41) is 0. The van der Waals surface area contributed by atoms with E-state index in [9.17, 15) is 4.79 Å². The van der Waals surface area contributed by atoms with E-state index >= 15 is 0 Å². The number of carbonyl (C=O) groups is 1. The molecule has 0 radical (unpaired) electrons. The van der Waals surface area contributed by atoms with Crippen LogP contribution in [0.15, 0.2) is 11.6 Å². The Morgan fingerprint density at radius 3 is 2.79 bits per heavy atom. The number of ketones is 1. The summed E-state index contributed by atoms with van der Waals surface area (Å²) in [4.78, 5) is 13.7. The molecule has 1 unspecified atom stereocenters. The van der Waals surface area contributed by atoms with E-state index in [2.05, 4.69) is 18.0 Å². The van der Waals surface area contributed by atoms with Crippen LogP contribution in [0.5, 0.6) is 0 Å². The molecule has 0 saturated carbocycles. The number of rotatable bonds is 3. The van der Waals surface area contributed by atoms with Gasteiger partial charge in [-0.2, -0.15) is 0 Å². The first-order chi connectivity index (χ1) is 6.65. The van der Waals surface area contributed by atoms with Gasteiger partial charge in [0.2, 0.25) is 0 Å². The number of nitrogens with zero attached hydrogens (tertiary/aromatic N) is 1. The summed E-state index contributed by atoms with van der Waals surface area (Å²) in [6.45, 7) is 5.02. The van der Waals surface area contributed by atoms with Crippen molar-refractivity contribution in [1.82, 2.24) is 4.90 Å². The first kappa shape index (κ1) is 11.4. The molecule has 0 spiro atoms. The molecular weight excluding hydrogens is 174 g/mol. The molecule has 80 valence electrons. The Morgan fingerprint density at radius 2 is 2.21 bits per heavy atom. The summed E-state index contributed by atoms with van der Waals surface area (Å²) in [5.41, 5.74) is 0.936. The van der Waals surface area contributed by atoms with Crippen molar-refractivity contribution in [2.24, 2.45) is 0 Å². The Hall–Kier alpha value is -0.630. The van der Waals surface area contributed by atoms with E-state index in [1.807, 2.05) is 13.8 Å². The molecule has 0 bridgehead atoms. The van der Waals surface area contributed by atoms with Crippen LogP contribution in [0.2, 0.25) is 0 Å². The van der Waals surface area contributed by atoms with E-state index in [0.29, 0.717) is 12.5 Å². The van der Waals surface area contributed by atoms with E-state index < -0.39 is 0 Å². The standard InChI is InChI=1S/C12H21NO/c1-4-12(14)10(2)9-11-7-5-6-8-13(11)3/h9,11H,4-8H2,1-3H3/b10-9+. The fourth-order valence-corrected chi connectivity index (χ4v) is 1.97. The van der Waals surface area contributed by atoms with Gasteiger partial charge >= 0.3 is 0 Å². The minimum atomic E-state index is 0.281. The molecule has 0 amide bonds. The quantitative estimate of drug-likeness (QED) is 0.644. The number of allylic oxidation sites excluding steroid dienone is 1. The summed E-state index contributed by atoms with van der Waals surface area (Å²) in [6, 6.07) is 0.485. The smallest absolute Gasteiger partial charge is 0.158 e. The van der Waals surface area contributed by atoms with Crippen LogP contribution in [0, 0.1) is 0 Å². The SMILES string of the molecule is CCC(=O)/C(C)=C/C1CCCCN1C. The van der Waals surface area contributed by atoms with Gasteiger partial charge < -0.3 is 0 Å². The molecule has 0 aromatic carbocycles. The zero-order valence-corrected chi connectivity index (χ0v) is 9.55. The van der Waals surface area contributed by atoms with Gasteiger partial charge in [-0.05, 0) is 38.9 Å². The Labute approximate surface area is 87.0 Å². The highest BCUT2D eigenvalue weighted by Crippen LogP contribution is 2.17. The Bertz CT molecular complexity index is 232. The maximum absolute atomic E-state index is 11.4.